The van der Waals surface area contributed by atoms with E-state index in [1.165, 1.54) is 4.90 Å². The number of thiocarbonyl (C=S) groups is 1. The number of nitrogens with zero attached hydrogens (tertiary/aromatic N) is 1. The number of carbonyl (C=O) groups is 1. The number of rotatable bonds is 3. The molecule has 5 heteroatoms. The van der Waals surface area contributed by atoms with Gasteiger partial charge in [-0.3, -0.25) is 0 Å². The van der Waals surface area contributed by atoms with E-state index in [4.69, 9.17) is 22.7 Å². The maximum Gasteiger partial charge on any atom is 0.410 e. The summed E-state index contributed by atoms with van der Waals surface area (Å²) in [5.74, 6) is 0. The Morgan fingerprint density at radius 1 is 1.53 bits per heavy atom. The molecule has 0 aromatic heterocycles. The van der Waals surface area contributed by atoms with Gasteiger partial charge in [-0.2, -0.15) is 0 Å². The van der Waals surface area contributed by atoms with Crippen molar-refractivity contribution in [1.82, 2.24) is 4.90 Å². The summed E-state index contributed by atoms with van der Waals surface area (Å²) in [5.41, 5.74) is 4.93. The molecule has 0 saturated carbocycles. The summed E-state index contributed by atoms with van der Waals surface area (Å²) in [6, 6.07) is -0.0441. The molecule has 0 saturated heterocycles. The molecule has 0 aromatic rings. The molecule has 1 unspecified atom stereocenters. The molecule has 88 valence electrons. The molecule has 4 nitrogen and oxygen atoms in total. The fraction of sp³-hybridized carbons (Fsp3) is 0.800. The van der Waals surface area contributed by atoms with E-state index in [0.29, 0.717) is 11.4 Å². The molecule has 0 aromatic carbocycles. The van der Waals surface area contributed by atoms with Crippen molar-refractivity contribution in [2.45, 2.75) is 45.8 Å². The highest BCUT2D eigenvalue weighted by Gasteiger charge is 2.22. The molecule has 0 bridgehead atoms. The van der Waals surface area contributed by atoms with Gasteiger partial charge in [0.25, 0.3) is 0 Å². The highest BCUT2D eigenvalue weighted by Crippen LogP contribution is 2.11. The third-order valence-electron chi connectivity index (χ3n) is 1.84. The Bertz CT molecular complexity index is 248. The van der Waals surface area contributed by atoms with Crippen LogP contribution in [-0.4, -0.2) is 34.7 Å². The van der Waals surface area contributed by atoms with Gasteiger partial charge in [0.2, 0.25) is 0 Å². The molecule has 0 heterocycles. The van der Waals surface area contributed by atoms with Gasteiger partial charge in [0.05, 0.1) is 4.99 Å². The van der Waals surface area contributed by atoms with E-state index < -0.39 is 5.60 Å². The second-order valence-electron chi connectivity index (χ2n) is 4.61. The third kappa shape index (κ3) is 6.28. The fourth-order valence-electron chi connectivity index (χ4n) is 0.942. The predicted molar refractivity (Wildman–Crippen MR) is 64.9 cm³/mol. The normalized spacial score (nSPS) is 13.1. The van der Waals surface area contributed by atoms with E-state index in [-0.39, 0.29) is 12.1 Å². The maximum absolute atomic E-state index is 11.6. The van der Waals surface area contributed by atoms with Crippen LogP contribution in [0, 0.1) is 0 Å². The van der Waals surface area contributed by atoms with Gasteiger partial charge in [0.15, 0.2) is 0 Å². The van der Waals surface area contributed by atoms with E-state index in [9.17, 15) is 4.79 Å². The number of hydrogen-bond donors (Lipinski definition) is 1. The molecule has 2 N–H and O–H groups in total. The van der Waals surface area contributed by atoms with Crippen LogP contribution in [-0.2, 0) is 4.74 Å². The number of carbonyl (C=O) groups excluding carboxylic acids is 1. The zero-order valence-electron chi connectivity index (χ0n) is 10.0. The summed E-state index contributed by atoms with van der Waals surface area (Å²) in [5, 5.41) is 0. The summed E-state index contributed by atoms with van der Waals surface area (Å²) in [6.07, 6.45) is 0.150. The summed E-state index contributed by atoms with van der Waals surface area (Å²) in [7, 11) is 1.68. The van der Waals surface area contributed by atoms with Crippen molar-refractivity contribution >= 4 is 23.3 Å². The Balaban J connectivity index is 4.25. The molecule has 0 radical (unpaired) electrons. The minimum absolute atomic E-state index is 0.0441. The van der Waals surface area contributed by atoms with Crippen molar-refractivity contribution in [2.75, 3.05) is 7.05 Å². The van der Waals surface area contributed by atoms with Crippen LogP contribution in [0.3, 0.4) is 0 Å². The van der Waals surface area contributed by atoms with Crippen LogP contribution in [0.1, 0.15) is 34.1 Å². The van der Waals surface area contributed by atoms with Gasteiger partial charge < -0.3 is 15.4 Å². The van der Waals surface area contributed by atoms with E-state index in [0.717, 1.165) is 0 Å². The lowest BCUT2D eigenvalue weighted by atomic mass is 10.2. The van der Waals surface area contributed by atoms with Crippen molar-refractivity contribution in [3.8, 4) is 0 Å². The van der Waals surface area contributed by atoms with Crippen LogP contribution < -0.4 is 5.73 Å². The first kappa shape index (κ1) is 14.2. The lowest BCUT2D eigenvalue weighted by Crippen LogP contribution is -2.40. The van der Waals surface area contributed by atoms with Crippen molar-refractivity contribution in [1.29, 1.82) is 0 Å². The number of hydrogen-bond acceptors (Lipinski definition) is 3. The van der Waals surface area contributed by atoms with Crippen molar-refractivity contribution < 1.29 is 9.53 Å². The summed E-state index contributed by atoms with van der Waals surface area (Å²) >= 11 is 4.79. The van der Waals surface area contributed by atoms with E-state index in [2.05, 4.69) is 0 Å². The number of ether oxygens (including phenoxy) is 1. The molecular formula is C10H20N2O2S. The average Bonchev–Trinajstić information content (AvgIpc) is 1.98. The SMILES string of the molecule is CC(CC(N)=S)N(C)C(=O)OC(C)(C)C. The summed E-state index contributed by atoms with van der Waals surface area (Å²) < 4.78 is 5.21. The molecule has 0 aliphatic rings. The molecule has 15 heavy (non-hydrogen) atoms. The zero-order valence-corrected chi connectivity index (χ0v) is 10.9. The molecule has 0 aliphatic heterocycles. The van der Waals surface area contributed by atoms with Crippen LogP contribution in [0.2, 0.25) is 0 Å². The minimum atomic E-state index is -0.478. The topological polar surface area (TPSA) is 55.6 Å². The molecule has 0 rings (SSSR count). The Morgan fingerprint density at radius 3 is 2.33 bits per heavy atom. The monoisotopic (exact) mass is 232 g/mol. The number of amides is 1. The maximum atomic E-state index is 11.6. The Labute approximate surface area is 96.8 Å². The van der Waals surface area contributed by atoms with Crippen LogP contribution >= 0.6 is 12.2 Å². The van der Waals surface area contributed by atoms with E-state index in [1.807, 2.05) is 27.7 Å². The minimum Gasteiger partial charge on any atom is -0.444 e. The molecule has 1 atom stereocenters. The molecule has 0 spiro atoms. The van der Waals surface area contributed by atoms with Crippen LogP contribution in [0.15, 0.2) is 0 Å². The standard InChI is InChI=1S/C10H20N2O2S/c1-7(6-8(11)15)12(5)9(13)14-10(2,3)4/h7H,6H2,1-5H3,(H2,11,15). The first-order chi connectivity index (χ1) is 6.63. The van der Waals surface area contributed by atoms with Crippen LogP contribution in [0.4, 0.5) is 4.79 Å². The van der Waals surface area contributed by atoms with Gasteiger partial charge in [-0.1, -0.05) is 12.2 Å². The first-order valence-electron chi connectivity index (χ1n) is 4.87. The molecule has 0 fully saturated rings. The summed E-state index contributed by atoms with van der Waals surface area (Å²) in [4.78, 5) is 13.5. The highest BCUT2D eigenvalue weighted by molar-refractivity contribution is 7.80. The molecular weight excluding hydrogens is 212 g/mol. The summed E-state index contributed by atoms with van der Waals surface area (Å²) in [6.45, 7) is 7.37. The molecule has 0 aliphatic carbocycles. The average molecular weight is 232 g/mol. The zero-order chi connectivity index (χ0) is 12.2. The van der Waals surface area contributed by atoms with E-state index in [1.54, 1.807) is 7.05 Å². The molecule has 1 amide bonds. The Hall–Kier alpha value is -0.840. The lowest BCUT2D eigenvalue weighted by molar-refractivity contribution is 0.0241. The predicted octanol–water partition coefficient (Wildman–Crippen LogP) is 1.92. The van der Waals surface area contributed by atoms with Gasteiger partial charge in [-0.15, -0.1) is 0 Å². The second-order valence-corrected chi connectivity index (χ2v) is 5.14. The van der Waals surface area contributed by atoms with E-state index >= 15 is 0 Å². The fourth-order valence-corrected chi connectivity index (χ4v) is 1.18. The van der Waals surface area contributed by atoms with Gasteiger partial charge in [-0.25, -0.2) is 4.79 Å². The van der Waals surface area contributed by atoms with Crippen LogP contribution in [0.5, 0.6) is 0 Å². The largest absolute Gasteiger partial charge is 0.444 e. The Morgan fingerprint density at radius 2 is 2.00 bits per heavy atom. The third-order valence-corrected chi connectivity index (χ3v) is 2.01. The Kier molecular flexibility index (Phi) is 5.00. The van der Waals surface area contributed by atoms with Gasteiger partial charge >= 0.3 is 6.09 Å². The van der Waals surface area contributed by atoms with Crippen LogP contribution in [0.25, 0.3) is 0 Å². The van der Waals surface area contributed by atoms with Gasteiger partial charge in [0, 0.05) is 19.5 Å². The highest BCUT2D eigenvalue weighted by atomic mass is 32.1. The first-order valence-corrected chi connectivity index (χ1v) is 5.28. The van der Waals surface area contributed by atoms with Crippen molar-refractivity contribution in [3.63, 3.8) is 0 Å². The smallest absolute Gasteiger partial charge is 0.410 e. The van der Waals surface area contributed by atoms with Gasteiger partial charge in [0.1, 0.15) is 5.60 Å². The number of nitrogens with two attached hydrogens (primary N) is 1. The lowest BCUT2D eigenvalue weighted by Gasteiger charge is -2.28. The quantitative estimate of drug-likeness (QED) is 0.755. The van der Waals surface area contributed by atoms with Crippen molar-refractivity contribution in [3.05, 3.63) is 0 Å². The second kappa shape index (κ2) is 5.30. The van der Waals surface area contributed by atoms with Crippen molar-refractivity contribution in [2.24, 2.45) is 5.73 Å². The van der Waals surface area contributed by atoms with Gasteiger partial charge in [-0.05, 0) is 27.7 Å².